The first-order chi connectivity index (χ1) is 14.3. The molecule has 30 heavy (non-hydrogen) atoms. The highest BCUT2D eigenvalue weighted by molar-refractivity contribution is 7.89. The van der Waals surface area contributed by atoms with Crippen molar-refractivity contribution in [1.29, 1.82) is 0 Å². The van der Waals surface area contributed by atoms with Crippen molar-refractivity contribution in [1.82, 2.24) is 19.2 Å². The van der Waals surface area contributed by atoms with Crippen molar-refractivity contribution in [3.05, 3.63) is 45.4 Å². The van der Waals surface area contributed by atoms with Gasteiger partial charge in [-0.3, -0.25) is 4.79 Å². The van der Waals surface area contributed by atoms with E-state index in [-0.39, 0.29) is 10.8 Å². The minimum Gasteiger partial charge on any atom is -0.351 e. The normalized spacial score (nSPS) is 12.0. The molecule has 0 spiro atoms. The molecule has 2 heterocycles. The van der Waals surface area contributed by atoms with E-state index in [1.807, 2.05) is 37.6 Å². The van der Waals surface area contributed by atoms with Gasteiger partial charge < -0.3 is 9.88 Å². The lowest BCUT2D eigenvalue weighted by atomic mass is 10.3. The molecule has 0 aliphatic rings. The minimum atomic E-state index is -3.54. The van der Waals surface area contributed by atoms with Gasteiger partial charge in [0.05, 0.1) is 26.8 Å². The first kappa shape index (κ1) is 22.7. The number of nitrogens with zero attached hydrogens (tertiary/aromatic N) is 3. The van der Waals surface area contributed by atoms with Crippen LogP contribution in [0.3, 0.4) is 0 Å². The Balaban J connectivity index is 1.71. The number of sulfonamides is 1. The number of rotatable bonds is 9. The minimum absolute atomic E-state index is 0.0728. The van der Waals surface area contributed by atoms with Crippen LogP contribution >= 0.6 is 22.9 Å². The van der Waals surface area contributed by atoms with Crippen molar-refractivity contribution >= 4 is 49.9 Å². The Labute approximate surface area is 185 Å². The molecule has 0 saturated heterocycles. The van der Waals surface area contributed by atoms with Gasteiger partial charge in [0.1, 0.15) is 5.82 Å². The topological polar surface area (TPSA) is 84.3 Å². The zero-order valence-electron chi connectivity index (χ0n) is 17.2. The summed E-state index contributed by atoms with van der Waals surface area (Å²) in [5.74, 6) is 0.660. The summed E-state index contributed by atoms with van der Waals surface area (Å²) >= 11 is 7.34. The average Bonchev–Trinajstić information content (AvgIpc) is 3.28. The summed E-state index contributed by atoms with van der Waals surface area (Å²) in [5.41, 5.74) is 1.44. The van der Waals surface area contributed by atoms with Crippen LogP contribution in [0.25, 0.3) is 11.0 Å². The van der Waals surface area contributed by atoms with Crippen molar-refractivity contribution in [2.75, 3.05) is 13.1 Å². The van der Waals surface area contributed by atoms with Gasteiger partial charge in [-0.1, -0.05) is 25.4 Å². The van der Waals surface area contributed by atoms with Crippen molar-refractivity contribution in [2.45, 2.75) is 38.1 Å². The molecule has 3 rings (SSSR count). The van der Waals surface area contributed by atoms with Crippen LogP contribution in [0.1, 0.15) is 31.0 Å². The number of amides is 1. The third kappa shape index (κ3) is 4.85. The zero-order valence-corrected chi connectivity index (χ0v) is 19.6. The van der Waals surface area contributed by atoms with Crippen LogP contribution in [0.15, 0.2) is 35.2 Å². The molecule has 10 heteroatoms. The SMILES string of the molecule is CCN(CC)S(=O)(=O)c1ccc2c(c1)nc(CCC(=O)NCc1ccc(Cl)s1)n2C. The fourth-order valence-electron chi connectivity index (χ4n) is 3.27. The number of hydrogen-bond acceptors (Lipinski definition) is 5. The van der Waals surface area contributed by atoms with E-state index in [2.05, 4.69) is 10.3 Å². The van der Waals surface area contributed by atoms with Crippen molar-refractivity contribution in [3.8, 4) is 0 Å². The quantitative estimate of drug-likeness (QED) is 0.520. The van der Waals surface area contributed by atoms with Crippen molar-refractivity contribution < 1.29 is 13.2 Å². The lowest BCUT2D eigenvalue weighted by molar-refractivity contribution is -0.121. The summed E-state index contributed by atoms with van der Waals surface area (Å²) in [5, 5.41) is 2.88. The van der Waals surface area contributed by atoms with E-state index in [0.29, 0.717) is 42.3 Å². The summed E-state index contributed by atoms with van der Waals surface area (Å²) in [6, 6.07) is 8.68. The van der Waals surface area contributed by atoms with Gasteiger partial charge in [-0.05, 0) is 30.3 Å². The van der Waals surface area contributed by atoms with E-state index < -0.39 is 10.0 Å². The lowest BCUT2D eigenvalue weighted by Crippen LogP contribution is -2.30. The second-order valence-corrected chi connectivity index (χ2v) is 10.5. The van der Waals surface area contributed by atoms with Crippen LogP contribution in [0.5, 0.6) is 0 Å². The maximum atomic E-state index is 12.8. The van der Waals surface area contributed by atoms with Gasteiger partial charge in [0, 0.05) is 37.9 Å². The molecular formula is C20H25ClN4O3S2. The summed E-state index contributed by atoms with van der Waals surface area (Å²) in [7, 11) is -1.67. The molecule has 1 amide bonds. The number of fused-ring (bicyclic) bond motifs is 1. The van der Waals surface area contributed by atoms with Crippen LogP contribution in [-0.2, 0) is 34.8 Å². The Morgan fingerprint density at radius 3 is 2.60 bits per heavy atom. The first-order valence-electron chi connectivity index (χ1n) is 9.72. The van der Waals surface area contributed by atoms with Crippen LogP contribution in [0, 0.1) is 0 Å². The molecule has 0 unspecified atom stereocenters. The number of imidazole rings is 1. The van der Waals surface area contributed by atoms with E-state index in [0.717, 1.165) is 16.2 Å². The molecule has 0 aliphatic carbocycles. The molecule has 2 aromatic heterocycles. The number of halogens is 1. The largest absolute Gasteiger partial charge is 0.351 e. The molecule has 3 aromatic rings. The third-order valence-electron chi connectivity index (χ3n) is 4.95. The van der Waals surface area contributed by atoms with E-state index in [4.69, 9.17) is 11.6 Å². The number of thiophene rings is 1. The smallest absolute Gasteiger partial charge is 0.243 e. The molecule has 1 N–H and O–H groups in total. The van der Waals surface area contributed by atoms with Crippen LogP contribution in [-0.4, -0.2) is 41.3 Å². The van der Waals surface area contributed by atoms with E-state index >= 15 is 0 Å². The second kappa shape index (κ2) is 9.47. The number of hydrogen-bond donors (Lipinski definition) is 1. The van der Waals surface area contributed by atoms with Crippen LogP contribution in [0.4, 0.5) is 0 Å². The van der Waals surface area contributed by atoms with E-state index in [1.54, 1.807) is 18.2 Å². The molecule has 1 aromatic carbocycles. The zero-order chi connectivity index (χ0) is 21.9. The number of aryl methyl sites for hydroxylation is 2. The second-order valence-electron chi connectivity index (χ2n) is 6.81. The fraction of sp³-hybridized carbons (Fsp3) is 0.400. The molecule has 0 atom stereocenters. The van der Waals surface area contributed by atoms with Gasteiger partial charge >= 0.3 is 0 Å². The highest BCUT2D eigenvalue weighted by Crippen LogP contribution is 2.23. The maximum absolute atomic E-state index is 12.8. The first-order valence-corrected chi connectivity index (χ1v) is 12.4. The molecule has 0 saturated carbocycles. The average molecular weight is 469 g/mol. The van der Waals surface area contributed by atoms with E-state index in [9.17, 15) is 13.2 Å². The Kier molecular flexibility index (Phi) is 7.18. The van der Waals surface area contributed by atoms with Crippen LogP contribution in [0.2, 0.25) is 4.34 Å². The molecular weight excluding hydrogens is 444 g/mol. The standard InChI is InChI=1S/C20H25ClN4O3S2/c1-4-25(5-2)30(27,28)15-7-8-17-16(12-15)23-19(24(17)3)10-11-20(26)22-13-14-6-9-18(21)29-14/h6-9,12H,4-5,10-11,13H2,1-3H3,(H,22,26). The number of carbonyl (C=O) groups is 1. The van der Waals surface area contributed by atoms with Gasteiger partial charge in [-0.15, -0.1) is 11.3 Å². The monoisotopic (exact) mass is 468 g/mol. The maximum Gasteiger partial charge on any atom is 0.243 e. The molecule has 0 aliphatic heterocycles. The van der Waals surface area contributed by atoms with Gasteiger partial charge in [0.25, 0.3) is 0 Å². The Bertz CT molecular complexity index is 1150. The van der Waals surface area contributed by atoms with Crippen LogP contribution < -0.4 is 5.32 Å². The molecule has 0 radical (unpaired) electrons. The number of aromatic nitrogens is 2. The summed E-state index contributed by atoms with van der Waals surface area (Å²) in [6.45, 7) is 4.91. The van der Waals surface area contributed by atoms with Gasteiger partial charge in [-0.2, -0.15) is 4.31 Å². The molecule has 162 valence electrons. The molecule has 7 nitrogen and oxygen atoms in total. The lowest BCUT2D eigenvalue weighted by Gasteiger charge is -2.18. The highest BCUT2D eigenvalue weighted by Gasteiger charge is 2.22. The highest BCUT2D eigenvalue weighted by atomic mass is 35.5. The van der Waals surface area contributed by atoms with E-state index in [1.165, 1.54) is 15.6 Å². The Morgan fingerprint density at radius 2 is 1.97 bits per heavy atom. The number of benzene rings is 1. The predicted octanol–water partition coefficient (Wildman–Crippen LogP) is 3.57. The van der Waals surface area contributed by atoms with Gasteiger partial charge in [-0.25, -0.2) is 13.4 Å². The summed E-state index contributed by atoms with van der Waals surface area (Å²) in [6.07, 6.45) is 0.751. The number of carbonyl (C=O) groups excluding carboxylic acids is 1. The van der Waals surface area contributed by atoms with Gasteiger partial charge in [0.15, 0.2) is 0 Å². The van der Waals surface area contributed by atoms with Crippen molar-refractivity contribution in [3.63, 3.8) is 0 Å². The Hall–Kier alpha value is -1.94. The molecule has 0 bridgehead atoms. The fourth-order valence-corrected chi connectivity index (χ4v) is 5.78. The molecule has 0 fully saturated rings. The number of nitrogens with one attached hydrogen (secondary N) is 1. The Morgan fingerprint density at radius 1 is 1.23 bits per heavy atom. The predicted molar refractivity (Wildman–Crippen MR) is 120 cm³/mol. The van der Waals surface area contributed by atoms with Crippen molar-refractivity contribution in [2.24, 2.45) is 7.05 Å². The summed E-state index contributed by atoms with van der Waals surface area (Å²) < 4.78 is 29.5. The summed E-state index contributed by atoms with van der Waals surface area (Å²) in [4.78, 5) is 18.0. The van der Waals surface area contributed by atoms with Gasteiger partial charge in [0.2, 0.25) is 15.9 Å². The third-order valence-corrected chi connectivity index (χ3v) is 8.23.